The van der Waals surface area contributed by atoms with Crippen molar-refractivity contribution in [2.75, 3.05) is 0 Å². The Bertz CT molecular complexity index is 682. The van der Waals surface area contributed by atoms with Crippen molar-refractivity contribution < 1.29 is 4.39 Å². The van der Waals surface area contributed by atoms with Crippen LogP contribution < -0.4 is 0 Å². The van der Waals surface area contributed by atoms with Gasteiger partial charge in [0.1, 0.15) is 6.07 Å². The summed E-state index contributed by atoms with van der Waals surface area (Å²) in [6.07, 6.45) is 19.2. The molecule has 0 radical (unpaired) electrons. The number of benzene rings is 1. The maximum Gasteiger partial charge on any atom is 0.196 e. The predicted molar refractivity (Wildman–Crippen MR) is 124 cm³/mol. The maximum atomic E-state index is 12.9. The van der Waals surface area contributed by atoms with E-state index in [0.29, 0.717) is 0 Å². The molecule has 0 spiro atoms. The second-order valence-corrected chi connectivity index (χ2v) is 9.83. The van der Waals surface area contributed by atoms with E-state index in [1.807, 2.05) is 0 Å². The third-order valence-electron chi connectivity index (χ3n) is 7.86. The summed E-state index contributed by atoms with van der Waals surface area (Å²) in [6, 6.07) is 11.1. The van der Waals surface area contributed by atoms with Gasteiger partial charge < -0.3 is 0 Å². The van der Waals surface area contributed by atoms with Gasteiger partial charge in [-0.25, -0.2) is 0 Å². The number of allylic oxidation sites excluding steroid dienone is 2. The average Bonchev–Trinajstić information content (AvgIpc) is 2.80. The van der Waals surface area contributed by atoms with Gasteiger partial charge in [0.25, 0.3) is 0 Å². The zero-order chi connectivity index (χ0) is 21.2. The van der Waals surface area contributed by atoms with E-state index in [2.05, 4.69) is 31.2 Å². The number of halogens is 1. The van der Waals surface area contributed by atoms with Crippen molar-refractivity contribution in [3.63, 3.8) is 0 Å². The van der Waals surface area contributed by atoms with Crippen LogP contribution in [0.3, 0.4) is 0 Å². The number of hydrogen-bond acceptors (Lipinski definition) is 1. The predicted octanol–water partition coefficient (Wildman–Crippen LogP) is 8.66. The molecule has 1 aromatic carbocycles. The first kappa shape index (κ1) is 23.1. The first-order valence-electron chi connectivity index (χ1n) is 12.5. The van der Waals surface area contributed by atoms with Gasteiger partial charge in [-0.2, -0.15) is 9.65 Å². The molecule has 3 rings (SSSR count). The first-order chi connectivity index (χ1) is 14.7. The topological polar surface area (TPSA) is 23.8 Å². The van der Waals surface area contributed by atoms with Crippen LogP contribution in [0.5, 0.6) is 0 Å². The fourth-order valence-corrected chi connectivity index (χ4v) is 5.90. The molecule has 2 heteroatoms. The molecule has 0 N–H and O–H groups in total. The molecule has 2 saturated carbocycles. The lowest BCUT2D eigenvalue weighted by Gasteiger charge is -2.38. The molecule has 2 aliphatic rings. The fourth-order valence-electron chi connectivity index (χ4n) is 5.90. The zero-order valence-corrected chi connectivity index (χ0v) is 18.9. The van der Waals surface area contributed by atoms with Crippen molar-refractivity contribution in [1.29, 1.82) is 5.26 Å². The van der Waals surface area contributed by atoms with Gasteiger partial charge in [0, 0.05) is 0 Å². The van der Waals surface area contributed by atoms with Gasteiger partial charge >= 0.3 is 0 Å². The van der Waals surface area contributed by atoms with E-state index in [1.54, 1.807) is 11.6 Å². The molecule has 0 heterocycles. The minimum atomic E-state index is -0.619. The Kier molecular flexibility index (Phi) is 9.44. The van der Waals surface area contributed by atoms with Gasteiger partial charge in [-0.1, -0.05) is 56.9 Å². The molecule has 0 bridgehead atoms. The van der Waals surface area contributed by atoms with E-state index in [-0.39, 0.29) is 0 Å². The summed E-state index contributed by atoms with van der Waals surface area (Å²) in [5.74, 6) is 2.72. The van der Waals surface area contributed by atoms with Crippen LogP contribution in [0.2, 0.25) is 0 Å². The first-order valence-corrected chi connectivity index (χ1v) is 12.5. The smallest absolute Gasteiger partial charge is 0.195 e. The third-order valence-corrected chi connectivity index (χ3v) is 7.86. The van der Waals surface area contributed by atoms with Gasteiger partial charge in [0.15, 0.2) is 5.83 Å². The summed E-state index contributed by atoms with van der Waals surface area (Å²) in [5, 5.41) is 8.50. The Morgan fingerprint density at radius 1 is 0.967 bits per heavy atom. The molecule has 1 nitrogen and oxygen atoms in total. The Morgan fingerprint density at radius 2 is 1.60 bits per heavy atom. The van der Waals surface area contributed by atoms with Crippen molar-refractivity contribution in [3.05, 3.63) is 47.3 Å². The lowest BCUT2D eigenvalue weighted by Crippen LogP contribution is -2.25. The molecule has 2 fully saturated rings. The number of hydrogen-bond donors (Lipinski definition) is 0. The fraction of sp³-hybridized carbons (Fsp3) is 0.679. The Labute approximate surface area is 183 Å². The lowest BCUT2D eigenvalue weighted by atomic mass is 9.68. The van der Waals surface area contributed by atoms with Crippen LogP contribution in [0.1, 0.15) is 107 Å². The molecular weight excluding hydrogens is 369 g/mol. The maximum absolute atomic E-state index is 12.9. The van der Waals surface area contributed by atoms with Crippen molar-refractivity contribution in [2.24, 2.45) is 17.8 Å². The van der Waals surface area contributed by atoms with Crippen molar-refractivity contribution in [2.45, 2.75) is 103 Å². The summed E-state index contributed by atoms with van der Waals surface area (Å²) in [6.45, 7) is 2.27. The number of aryl methyl sites for hydroxylation is 1. The molecule has 0 amide bonds. The van der Waals surface area contributed by atoms with Gasteiger partial charge in [-0.05, 0) is 105 Å². The SMILES string of the molecule is CCCCCc1ccc(C2CCC(C3CCC(CC/C=C(\F)C#N)CC3)CC2)cc1. The largest absolute Gasteiger partial charge is 0.196 e. The second kappa shape index (κ2) is 12.3. The lowest BCUT2D eigenvalue weighted by molar-refractivity contribution is 0.157. The highest BCUT2D eigenvalue weighted by Crippen LogP contribution is 2.44. The Hall–Kier alpha value is -1.62. The Balaban J connectivity index is 1.37. The van der Waals surface area contributed by atoms with E-state index < -0.39 is 5.83 Å². The second-order valence-electron chi connectivity index (χ2n) is 9.83. The van der Waals surface area contributed by atoms with Gasteiger partial charge in [0.2, 0.25) is 0 Å². The van der Waals surface area contributed by atoms with Gasteiger partial charge in [-0.15, -0.1) is 0 Å². The highest BCUT2D eigenvalue weighted by Gasteiger charge is 2.31. The average molecular weight is 410 g/mol. The molecule has 0 saturated heterocycles. The van der Waals surface area contributed by atoms with Crippen LogP contribution in [0.25, 0.3) is 0 Å². The molecule has 1 aromatic rings. The van der Waals surface area contributed by atoms with Crippen molar-refractivity contribution in [3.8, 4) is 6.07 Å². The number of rotatable bonds is 9. The van der Waals surface area contributed by atoms with E-state index in [1.165, 1.54) is 88.7 Å². The van der Waals surface area contributed by atoms with E-state index in [9.17, 15) is 4.39 Å². The molecule has 0 atom stereocenters. The summed E-state index contributed by atoms with van der Waals surface area (Å²) in [7, 11) is 0. The van der Waals surface area contributed by atoms with Gasteiger partial charge in [-0.3, -0.25) is 0 Å². The van der Waals surface area contributed by atoms with Crippen molar-refractivity contribution >= 4 is 0 Å². The highest BCUT2D eigenvalue weighted by molar-refractivity contribution is 5.26. The minimum absolute atomic E-state index is 0.619. The quantitative estimate of drug-likeness (QED) is 0.296. The van der Waals surface area contributed by atoms with E-state index >= 15 is 0 Å². The third kappa shape index (κ3) is 6.97. The summed E-state index contributed by atoms with van der Waals surface area (Å²) in [5.41, 5.74) is 3.07. The van der Waals surface area contributed by atoms with Crippen LogP contribution >= 0.6 is 0 Å². The van der Waals surface area contributed by atoms with Crippen LogP contribution in [-0.4, -0.2) is 0 Å². The van der Waals surface area contributed by atoms with Crippen LogP contribution in [0.15, 0.2) is 36.2 Å². The molecule has 30 heavy (non-hydrogen) atoms. The zero-order valence-electron chi connectivity index (χ0n) is 18.9. The highest BCUT2D eigenvalue weighted by atomic mass is 19.1. The van der Waals surface area contributed by atoms with Crippen LogP contribution in [-0.2, 0) is 6.42 Å². The minimum Gasteiger partial charge on any atom is -0.195 e. The van der Waals surface area contributed by atoms with E-state index in [0.717, 1.165) is 36.5 Å². The van der Waals surface area contributed by atoms with Crippen LogP contribution in [0, 0.1) is 29.1 Å². The molecule has 2 aliphatic carbocycles. The van der Waals surface area contributed by atoms with E-state index in [4.69, 9.17) is 5.26 Å². The molecule has 0 aromatic heterocycles. The molecule has 0 unspecified atom stereocenters. The van der Waals surface area contributed by atoms with Gasteiger partial charge in [0.05, 0.1) is 0 Å². The number of nitriles is 1. The standard InChI is InChI=1S/C28H40FN/c1-2-3-4-6-22-9-13-24(14-10-22)26-17-19-27(20-18-26)25-15-11-23(12-16-25)7-5-8-28(29)21-30/h8-10,13-14,23,25-27H,2-7,11-12,15-20H2,1H3/b28-8-. The number of unbranched alkanes of at least 4 members (excludes halogenated alkanes) is 2. The molecular formula is C28H40FN. The normalized spacial score (nSPS) is 27.6. The Morgan fingerprint density at radius 3 is 2.20 bits per heavy atom. The molecule has 0 aliphatic heterocycles. The van der Waals surface area contributed by atoms with Crippen molar-refractivity contribution in [1.82, 2.24) is 0 Å². The van der Waals surface area contributed by atoms with Crippen LogP contribution in [0.4, 0.5) is 4.39 Å². The summed E-state index contributed by atoms with van der Waals surface area (Å²) in [4.78, 5) is 0. The monoisotopic (exact) mass is 409 g/mol. The summed E-state index contributed by atoms with van der Waals surface area (Å²) < 4.78 is 12.9. The molecule has 164 valence electrons. The number of nitrogens with zero attached hydrogens (tertiary/aromatic N) is 1. The summed E-state index contributed by atoms with van der Waals surface area (Å²) >= 11 is 0.